The van der Waals surface area contributed by atoms with E-state index < -0.39 is 0 Å². The number of carbonyl (C=O) groups is 1. The Labute approximate surface area is 155 Å². The van der Waals surface area contributed by atoms with Crippen molar-refractivity contribution in [2.45, 2.75) is 38.6 Å². The Morgan fingerprint density at radius 2 is 1.92 bits per heavy atom. The molecule has 3 rings (SSSR count). The fourth-order valence-corrected chi connectivity index (χ4v) is 3.48. The topological polar surface area (TPSA) is 43.7 Å². The smallest absolute Gasteiger partial charge is 0.255 e. The van der Waals surface area contributed by atoms with Gasteiger partial charge in [-0.15, -0.1) is 0 Å². The van der Waals surface area contributed by atoms with Crippen LogP contribution < -0.4 is 9.47 Å². The van der Waals surface area contributed by atoms with Crippen molar-refractivity contribution in [1.82, 2.24) is 9.47 Å². The fourth-order valence-electron chi connectivity index (χ4n) is 3.48. The van der Waals surface area contributed by atoms with Crippen LogP contribution >= 0.6 is 0 Å². The maximum absolute atomic E-state index is 12.9. The Balaban J connectivity index is 1.76. The monoisotopic (exact) mass is 356 g/mol. The Morgan fingerprint density at radius 3 is 2.54 bits per heavy atom. The Bertz CT molecular complexity index is 789. The molecule has 0 N–H and O–H groups in total. The zero-order chi connectivity index (χ0) is 18.9. The SMILES string of the molecule is COc1ccc(OC)c(C2CCN(C(=O)c3ccn(C(C)(C)C)c3)C2)c1. The third-order valence-electron chi connectivity index (χ3n) is 5.07. The largest absolute Gasteiger partial charge is 0.497 e. The summed E-state index contributed by atoms with van der Waals surface area (Å²) < 4.78 is 13.0. The van der Waals surface area contributed by atoms with Gasteiger partial charge in [-0.1, -0.05) is 0 Å². The van der Waals surface area contributed by atoms with E-state index in [9.17, 15) is 4.79 Å². The van der Waals surface area contributed by atoms with Gasteiger partial charge in [-0.2, -0.15) is 0 Å². The molecule has 2 heterocycles. The molecule has 1 aliphatic heterocycles. The van der Waals surface area contributed by atoms with E-state index in [-0.39, 0.29) is 17.4 Å². The van der Waals surface area contributed by atoms with Gasteiger partial charge in [0.15, 0.2) is 0 Å². The van der Waals surface area contributed by atoms with Crippen molar-refractivity contribution in [3.8, 4) is 11.5 Å². The summed E-state index contributed by atoms with van der Waals surface area (Å²) in [6.07, 6.45) is 4.85. The van der Waals surface area contributed by atoms with E-state index in [2.05, 4.69) is 25.3 Å². The van der Waals surface area contributed by atoms with Crippen molar-refractivity contribution >= 4 is 5.91 Å². The number of benzene rings is 1. The predicted octanol–water partition coefficient (Wildman–Crippen LogP) is 3.89. The van der Waals surface area contributed by atoms with Crippen LogP contribution in [0, 0.1) is 0 Å². The molecular weight excluding hydrogens is 328 g/mol. The highest BCUT2D eigenvalue weighted by atomic mass is 16.5. The first-order valence-electron chi connectivity index (χ1n) is 9.03. The molecule has 5 heteroatoms. The van der Waals surface area contributed by atoms with Gasteiger partial charge in [0.25, 0.3) is 5.91 Å². The lowest BCUT2D eigenvalue weighted by molar-refractivity contribution is 0.0790. The molecule has 26 heavy (non-hydrogen) atoms. The van der Waals surface area contributed by atoms with Crippen LogP contribution in [0.5, 0.6) is 11.5 Å². The average Bonchev–Trinajstić information content (AvgIpc) is 3.29. The number of rotatable bonds is 4. The van der Waals surface area contributed by atoms with Gasteiger partial charge in [0, 0.05) is 42.5 Å². The quantitative estimate of drug-likeness (QED) is 0.835. The second-order valence-electron chi connectivity index (χ2n) is 7.82. The van der Waals surface area contributed by atoms with E-state index in [0.717, 1.165) is 35.6 Å². The third-order valence-corrected chi connectivity index (χ3v) is 5.07. The van der Waals surface area contributed by atoms with Gasteiger partial charge in [0.2, 0.25) is 0 Å². The van der Waals surface area contributed by atoms with Crippen molar-refractivity contribution in [3.05, 3.63) is 47.8 Å². The molecule has 1 saturated heterocycles. The molecule has 140 valence electrons. The fraction of sp³-hybridized carbons (Fsp3) is 0.476. The Kier molecular flexibility index (Phi) is 4.99. The number of hydrogen-bond acceptors (Lipinski definition) is 3. The number of likely N-dealkylation sites (tertiary alicyclic amines) is 1. The van der Waals surface area contributed by atoms with Crippen LogP contribution in [0.4, 0.5) is 0 Å². The highest BCUT2D eigenvalue weighted by molar-refractivity contribution is 5.94. The van der Waals surface area contributed by atoms with E-state index in [1.807, 2.05) is 41.6 Å². The first-order chi connectivity index (χ1) is 12.3. The summed E-state index contributed by atoms with van der Waals surface area (Å²) in [4.78, 5) is 14.8. The molecular formula is C21H28N2O3. The summed E-state index contributed by atoms with van der Waals surface area (Å²) in [5.41, 5.74) is 1.83. The average molecular weight is 356 g/mol. The van der Waals surface area contributed by atoms with Crippen LogP contribution in [0.3, 0.4) is 0 Å². The van der Waals surface area contributed by atoms with Crippen LogP contribution in [0.2, 0.25) is 0 Å². The van der Waals surface area contributed by atoms with Gasteiger partial charge in [-0.05, 0) is 51.5 Å². The Morgan fingerprint density at radius 1 is 1.15 bits per heavy atom. The van der Waals surface area contributed by atoms with E-state index in [1.165, 1.54) is 0 Å². The van der Waals surface area contributed by atoms with E-state index in [0.29, 0.717) is 6.54 Å². The molecule has 1 fully saturated rings. The minimum atomic E-state index is -0.0277. The molecule has 1 unspecified atom stereocenters. The molecule has 0 bridgehead atoms. The predicted molar refractivity (Wildman–Crippen MR) is 102 cm³/mol. The number of carbonyl (C=O) groups excluding carboxylic acids is 1. The van der Waals surface area contributed by atoms with Crippen LogP contribution in [0.1, 0.15) is 49.0 Å². The highest BCUT2D eigenvalue weighted by Gasteiger charge is 2.30. The molecule has 1 atom stereocenters. The van der Waals surface area contributed by atoms with Gasteiger partial charge < -0.3 is 18.9 Å². The minimum Gasteiger partial charge on any atom is -0.497 e. The van der Waals surface area contributed by atoms with Crippen molar-refractivity contribution in [1.29, 1.82) is 0 Å². The first-order valence-corrected chi connectivity index (χ1v) is 9.03. The second-order valence-corrected chi connectivity index (χ2v) is 7.82. The van der Waals surface area contributed by atoms with Crippen molar-refractivity contribution < 1.29 is 14.3 Å². The lowest BCUT2D eigenvalue weighted by atomic mass is 9.97. The van der Waals surface area contributed by atoms with Crippen LogP contribution in [0.15, 0.2) is 36.7 Å². The maximum Gasteiger partial charge on any atom is 0.255 e. The summed E-state index contributed by atoms with van der Waals surface area (Å²) in [5.74, 6) is 2.02. The molecule has 1 amide bonds. The number of amides is 1. The van der Waals surface area contributed by atoms with E-state index in [1.54, 1.807) is 14.2 Å². The number of nitrogens with zero attached hydrogens (tertiary/aromatic N) is 2. The summed E-state index contributed by atoms with van der Waals surface area (Å²) in [6.45, 7) is 7.83. The summed E-state index contributed by atoms with van der Waals surface area (Å²) >= 11 is 0. The van der Waals surface area contributed by atoms with Gasteiger partial charge in [-0.3, -0.25) is 4.79 Å². The normalized spacial score (nSPS) is 17.4. The summed E-state index contributed by atoms with van der Waals surface area (Å²) in [6, 6.07) is 7.76. The lowest BCUT2D eigenvalue weighted by Gasteiger charge is -2.21. The molecule has 1 aromatic heterocycles. The standard InChI is InChI=1S/C21H28N2O3/c1-21(2,3)23-11-9-16(14-23)20(24)22-10-8-15(13-22)18-12-17(25-4)6-7-19(18)26-5/h6-7,9,11-12,14-15H,8,10,13H2,1-5H3. The van der Waals surface area contributed by atoms with Crippen LogP contribution in [-0.4, -0.2) is 42.7 Å². The van der Waals surface area contributed by atoms with Crippen LogP contribution in [0.25, 0.3) is 0 Å². The van der Waals surface area contributed by atoms with Gasteiger partial charge >= 0.3 is 0 Å². The van der Waals surface area contributed by atoms with Gasteiger partial charge in [-0.25, -0.2) is 0 Å². The molecule has 2 aromatic rings. The van der Waals surface area contributed by atoms with Crippen molar-refractivity contribution in [2.24, 2.45) is 0 Å². The van der Waals surface area contributed by atoms with Crippen molar-refractivity contribution in [3.63, 3.8) is 0 Å². The zero-order valence-electron chi connectivity index (χ0n) is 16.3. The molecule has 1 aliphatic rings. The van der Waals surface area contributed by atoms with Crippen molar-refractivity contribution in [2.75, 3.05) is 27.3 Å². The Hall–Kier alpha value is -2.43. The van der Waals surface area contributed by atoms with Gasteiger partial charge in [0.05, 0.1) is 19.8 Å². The number of hydrogen-bond donors (Lipinski definition) is 0. The van der Waals surface area contributed by atoms with Crippen LogP contribution in [-0.2, 0) is 5.54 Å². The third kappa shape index (κ3) is 3.57. The summed E-state index contributed by atoms with van der Waals surface area (Å²) in [5, 5.41) is 0. The number of ether oxygens (including phenoxy) is 2. The highest BCUT2D eigenvalue weighted by Crippen LogP contribution is 2.36. The number of methoxy groups -OCH3 is 2. The van der Waals surface area contributed by atoms with Gasteiger partial charge in [0.1, 0.15) is 11.5 Å². The van der Waals surface area contributed by atoms with E-state index in [4.69, 9.17) is 9.47 Å². The lowest BCUT2D eigenvalue weighted by Crippen LogP contribution is -2.28. The van der Waals surface area contributed by atoms with E-state index >= 15 is 0 Å². The molecule has 0 radical (unpaired) electrons. The first kappa shape index (κ1) is 18.4. The minimum absolute atomic E-state index is 0.0277. The molecule has 0 spiro atoms. The number of aromatic nitrogens is 1. The molecule has 1 aromatic carbocycles. The molecule has 0 saturated carbocycles. The second kappa shape index (κ2) is 7.06. The molecule has 0 aliphatic carbocycles. The summed E-state index contributed by atoms with van der Waals surface area (Å²) in [7, 11) is 3.34. The maximum atomic E-state index is 12.9. The molecule has 5 nitrogen and oxygen atoms in total. The zero-order valence-corrected chi connectivity index (χ0v) is 16.3.